The summed E-state index contributed by atoms with van der Waals surface area (Å²) >= 11 is 0. The van der Waals surface area contributed by atoms with Crippen LogP contribution in [0.2, 0.25) is 0 Å². The lowest BCUT2D eigenvalue weighted by Gasteiger charge is -2.23. The van der Waals surface area contributed by atoms with E-state index in [0.717, 1.165) is 40.8 Å². The van der Waals surface area contributed by atoms with E-state index in [9.17, 15) is 4.79 Å². The van der Waals surface area contributed by atoms with Crippen LogP contribution in [0.4, 0.5) is 0 Å². The molecule has 0 spiro atoms. The van der Waals surface area contributed by atoms with Crippen molar-refractivity contribution < 1.29 is 14.3 Å². The molecule has 0 aliphatic heterocycles. The second kappa shape index (κ2) is 4.73. The van der Waals surface area contributed by atoms with Gasteiger partial charge in [-0.1, -0.05) is 5.57 Å². The lowest BCUT2D eigenvalue weighted by Crippen LogP contribution is -2.15. The molecule has 0 saturated heterocycles. The molecule has 0 radical (unpaired) electrons. The molecule has 2 aromatic rings. The Kier molecular flexibility index (Phi) is 2.83. The van der Waals surface area contributed by atoms with Gasteiger partial charge >= 0.3 is 0 Å². The lowest BCUT2D eigenvalue weighted by molar-refractivity contribution is 0.103. The summed E-state index contributed by atoms with van der Waals surface area (Å²) in [7, 11) is 3.27. The summed E-state index contributed by atoms with van der Waals surface area (Å²) < 4.78 is 10.6. The van der Waals surface area contributed by atoms with Crippen LogP contribution >= 0.6 is 0 Å². The Morgan fingerprint density at radius 2 is 1.36 bits per heavy atom. The molecule has 2 aliphatic rings. The van der Waals surface area contributed by atoms with E-state index < -0.39 is 0 Å². The minimum Gasteiger partial charge on any atom is -0.497 e. The Balaban J connectivity index is 2.00. The Morgan fingerprint density at radius 1 is 0.773 bits per heavy atom. The zero-order chi connectivity index (χ0) is 15.3. The molecule has 0 unspecified atom stereocenters. The predicted octanol–water partition coefficient (Wildman–Crippen LogP) is 3.84. The van der Waals surface area contributed by atoms with Crippen LogP contribution in [-0.4, -0.2) is 20.0 Å². The summed E-state index contributed by atoms with van der Waals surface area (Å²) in [6.45, 7) is 0. The first-order chi connectivity index (χ1) is 10.7. The van der Waals surface area contributed by atoms with Gasteiger partial charge in [0, 0.05) is 11.1 Å². The average molecular weight is 292 g/mol. The van der Waals surface area contributed by atoms with Crippen LogP contribution in [0.3, 0.4) is 0 Å². The van der Waals surface area contributed by atoms with Gasteiger partial charge in [-0.15, -0.1) is 0 Å². The first-order valence-corrected chi connectivity index (χ1v) is 7.36. The summed E-state index contributed by atoms with van der Waals surface area (Å²) in [5.74, 6) is 1.54. The van der Waals surface area contributed by atoms with Crippen LogP contribution in [0.25, 0.3) is 5.57 Å². The highest BCUT2D eigenvalue weighted by Gasteiger charge is 2.32. The molecule has 3 heteroatoms. The molecule has 0 amide bonds. The number of carbonyl (C=O) groups is 1. The van der Waals surface area contributed by atoms with Gasteiger partial charge in [-0.2, -0.15) is 0 Å². The maximum atomic E-state index is 12.8. The molecule has 1 saturated carbocycles. The highest BCUT2D eigenvalue weighted by molar-refractivity contribution is 6.19. The number of rotatable bonds is 2. The fourth-order valence-corrected chi connectivity index (χ4v) is 3.09. The number of carbonyl (C=O) groups excluding carboxylic acids is 1. The Morgan fingerprint density at radius 3 is 1.95 bits per heavy atom. The zero-order valence-electron chi connectivity index (χ0n) is 12.6. The Bertz CT molecular complexity index is 825. The Hall–Kier alpha value is -2.55. The molecule has 0 bridgehead atoms. The summed E-state index contributed by atoms with van der Waals surface area (Å²) in [5.41, 5.74) is 6.09. The van der Waals surface area contributed by atoms with Crippen molar-refractivity contribution in [2.24, 2.45) is 0 Å². The number of benzene rings is 2. The number of ether oxygens (including phenoxy) is 2. The summed E-state index contributed by atoms with van der Waals surface area (Å²) in [5, 5.41) is 0. The first kappa shape index (κ1) is 13.1. The van der Waals surface area contributed by atoms with E-state index in [1.165, 1.54) is 11.1 Å². The monoisotopic (exact) mass is 292 g/mol. The van der Waals surface area contributed by atoms with Crippen molar-refractivity contribution in [2.45, 2.75) is 12.8 Å². The van der Waals surface area contributed by atoms with E-state index >= 15 is 0 Å². The normalized spacial score (nSPS) is 15.3. The van der Waals surface area contributed by atoms with Crippen LogP contribution in [0.5, 0.6) is 11.5 Å². The van der Waals surface area contributed by atoms with Gasteiger partial charge in [-0.05, 0) is 65.9 Å². The highest BCUT2D eigenvalue weighted by Crippen LogP contribution is 2.46. The molecule has 110 valence electrons. The van der Waals surface area contributed by atoms with Crippen molar-refractivity contribution >= 4 is 11.4 Å². The van der Waals surface area contributed by atoms with Gasteiger partial charge in [-0.3, -0.25) is 4.79 Å². The minimum absolute atomic E-state index is 0.0524. The van der Waals surface area contributed by atoms with Gasteiger partial charge < -0.3 is 9.47 Å². The minimum atomic E-state index is 0.0524. The lowest BCUT2D eigenvalue weighted by atomic mass is 9.80. The maximum Gasteiger partial charge on any atom is 0.194 e. The van der Waals surface area contributed by atoms with E-state index in [0.29, 0.717) is 5.75 Å². The fourth-order valence-electron chi connectivity index (χ4n) is 3.09. The topological polar surface area (TPSA) is 35.5 Å². The third-order valence-electron chi connectivity index (χ3n) is 4.33. The van der Waals surface area contributed by atoms with Crippen molar-refractivity contribution in [1.29, 1.82) is 0 Å². The standard InChI is InChI=1S/C19H16O3/c1-21-12-6-8-15-16(9-12)18(11-3-4-11)14-7-5-13(22-2)10-17(14)19(15)20/h5-10H,3-4H2,1-2H3. The second-order valence-electron chi connectivity index (χ2n) is 5.63. The molecule has 22 heavy (non-hydrogen) atoms. The third-order valence-corrected chi connectivity index (χ3v) is 4.33. The molecule has 1 fully saturated rings. The number of hydrogen-bond donors (Lipinski definition) is 0. The molecule has 4 rings (SSSR count). The van der Waals surface area contributed by atoms with Gasteiger partial charge in [-0.25, -0.2) is 0 Å². The Labute approximate surface area is 129 Å². The molecular weight excluding hydrogens is 276 g/mol. The van der Waals surface area contributed by atoms with Crippen LogP contribution in [0.1, 0.15) is 39.9 Å². The van der Waals surface area contributed by atoms with Crippen LogP contribution < -0.4 is 9.47 Å². The summed E-state index contributed by atoms with van der Waals surface area (Å²) in [6, 6.07) is 11.4. The van der Waals surface area contributed by atoms with Crippen molar-refractivity contribution in [3.8, 4) is 11.5 Å². The highest BCUT2D eigenvalue weighted by atomic mass is 16.5. The van der Waals surface area contributed by atoms with Crippen LogP contribution in [0, 0.1) is 0 Å². The average Bonchev–Trinajstić information content (AvgIpc) is 3.39. The van der Waals surface area contributed by atoms with Crippen LogP contribution in [-0.2, 0) is 0 Å². The zero-order valence-corrected chi connectivity index (χ0v) is 12.6. The molecule has 0 N–H and O–H groups in total. The molecule has 2 aromatic carbocycles. The second-order valence-corrected chi connectivity index (χ2v) is 5.63. The van der Waals surface area contributed by atoms with Crippen molar-refractivity contribution in [2.75, 3.05) is 14.2 Å². The van der Waals surface area contributed by atoms with E-state index in [-0.39, 0.29) is 5.78 Å². The summed E-state index contributed by atoms with van der Waals surface area (Å²) in [4.78, 5) is 12.8. The van der Waals surface area contributed by atoms with E-state index in [4.69, 9.17) is 9.47 Å². The number of methoxy groups -OCH3 is 2. The van der Waals surface area contributed by atoms with Crippen molar-refractivity contribution in [3.05, 3.63) is 64.2 Å². The largest absolute Gasteiger partial charge is 0.497 e. The molecule has 2 aliphatic carbocycles. The number of hydrogen-bond acceptors (Lipinski definition) is 3. The molecule has 3 nitrogen and oxygen atoms in total. The van der Waals surface area contributed by atoms with E-state index in [2.05, 4.69) is 0 Å². The third kappa shape index (κ3) is 1.86. The molecular formula is C19H16O3. The molecule has 0 atom stereocenters. The van der Waals surface area contributed by atoms with E-state index in [1.807, 2.05) is 36.4 Å². The maximum absolute atomic E-state index is 12.8. The smallest absolute Gasteiger partial charge is 0.194 e. The number of ketones is 1. The van der Waals surface area contributed by atoms with Gasteiger partial charge in [0.25, 0.3) is 0 Å². The van der Waals surface area contributed by atoms with Crippen molar-refractivity contribution in [1.82, 2.24) is 0 Å². The van der Waals surface area contributed by atoms with Gasteiger partial charge in [0.2, 0.25) is 0 Å². The molecule has 0 heterocycles. The SMILES string of the molecule is COc1ccc2c(c1)C(=O)c1ccc(OC)cc1C2=C1CC1. The summed E-state index contributed by atoms with van der Waals surface area (Å²) in [6.07, 6.45) is 2.21. The van der Waals surface area contributed by atoms with Gasteiger partial charge in [0.15, 0.2) is 5.78 Å². The number of fused-ring (bicyclic) bond motifs is 2. The van der Waals surface area contributed by atoms with Gasteiger partial charge in [0.05, 0.1) is 14.2 Å². The van der Waals surface area contributed by atoms with E-state index in [1.54, 1.807) is 14.2 Å². The predicted molar refractivity (Wildman–Crippen MR) is 84.7 cm³/mol. The first-order valence-electron chi connectivity index (χ1n) is 7.36. The quantitative estimate of drug-likeness (QED) is 0.720. The number of allylic oxidation sites excluding steroid dienone is 1. The van der Waals surface area contributed by atoms with Crippen molar-refractivity contribution in [3.63, 3.8) is 0 Å². The van der Waals surface area contributed by atoms with Crippen LogP contribution in [0.15, 0.2) is 42.0 Å². The van der Waals surface area contributed by atoms with Gasteiger partial charge in [0.1, 0.15) is 11.5 Å². The molecule has 0 aromatic heterocycles. The fraction of sp³-hybridized carbons (Fsp3) is 0.211.